The Balaban J connectivity index is 2.69. The summed E-state index contributed by atoms with van der Waals surface area (Å²) in [5.74, 6) is 0. The molecule has 5 heteroatoms. The summed E-state index contributed by atoms with van der Waals surface area (Å²) in [5, 5.41) is 14.4. The van der Waals surface area contributed by atoms with Crippen molar-refractivity contribution in [3.63, 3.8) is 0 Å². The maximum absolute atomic E-state index is 4.21. The number of nitrogens with zero attached hydrogens (tertiary/aromatic N) is 4. The van der Waals surface area contributed by atoms with E-state index in [0.717, 1.165) is 10.9 Å². The Morgan fingerprint density at radius 1 is 1.00 bits per heavy atom. The zero-order chi connectivity index (χ0) is 10.4. The van der Waals surface area contributed by atoms with E-state index in [9.17, 15) is 0 Å². The van der Waals surface area contributed by atoms with E-state index in [1.165, 1.54) is 20.8 Å². The van der Waals surface area contributed by atoms with E-state index in [1.54, 1.807) is 6.20 Å². The number of fused-ring (bicyclic) bond motifs is 2. The first-order chi connectivity index (χ1) is 7.29. The van der Waals surface area contributed by atoms with Gasteiger partial charge in [0.25, 0.3) is 0 Å². The van der Waals surface area contributed by atoms with Gasteiger partial charge in [0, 0.05) is 0 Å². The molecule has 1 aromatic carbocycles. The molecule has 0 atom stereocenters. The summed E-state index contributed by atoms with van der Waals surface area (Å²) in [7, 11) is 0. The summed E-state index contributed by atoms with van der Waals surface area (Å²) in [5.41, 5.74) is 3.47. The van der Waals surface area contributed by atoms with E-state index in [4.69, 9.17) is 0 Å². The number of benzene rings is 1. The second-order valence-electron chi connectivity index (χ2n) is 3.52. The second-order valence-corrected chi connectivity index (χ2v) is 5.10. The summed E-state index contributed by atoms with van der Waals surface area (Å²) < 4.78 is 5.43. The van der Waals surface area contributed by atoms with E-state index in [1.807, 2.05) is 6.20 Å². The summed E-state index contributed by atoms with van der Waals surface area (Å²) in [6.45, 7) is 4.18. The molecule has 15 heavy (non-hydrogen) atoms. The van der Waals surface area contributed by atoms with Crippen LogP contribution in [0.2, 0.25) is 0 Å². The van der Waals surface area contributed by atoms with Crippen LogP contribution in [0.1, 0.15) is 11.1 Å². The zero-order valence-corrected chi connectivity index (χ0v) is 10.1. The molecule has 74 valence electrons. The van der Waals surface area contributed by atoms with Crippen molar-refractivity contribution < 1.29 is 0 Å². The van der Waals surface area contributed by atoms with E-state index in [0.29, 0.717) is 0 Å². The van der Waals surface area contributed by atoms with Gasteiger partial charge < -0.3 is 0 Å². The Kier molecular flexibility index (Phi) is 1.84. The third kappa shape index (κ3) is 1.14. The molecule has 2 heterocycles. The normalized spacial score (nSPS) is 11.3. The van der Waals surface area contributed by atoms with Gasteiger partial charge in [-0.25, -0.2) is 0 Å². The molecule has 2 aromatic heterocycles. The van der Waals surface area contributed by atoms with Crippen molar-refractivity contribution in [2.24, 2.45) is 0 Å². The second kappa shape index (κ2) is 3.08. The van der Waals surface area contributed by atoms with Crippen LogP contribution in [0.25, 0.3) is 20.5 Å². The van der Waals surface area contributed by atoms with Crippen LogP contribution in [0.4, 0.5) is 0 Å². The van der Waals surface area contributed by atoms with Crippen LogP contribution in [0.5, 0.6) is 0 Å². The minimum atomic E-state index is 0.141. The van der Waals surface area contributed by atoms with E-state index in [2.05, 4.69) is 33.2 Å². The number of aryl methyl sites for hydroxylation is 2. The van der Waals surface area contributed by atoms with Crippen LogP contribution >= 0.6 is 0 Å². The van der Waals surface area contributed by atoms with Gasteiger partial charge in [0.05, 0.1) is 0 Å². The topological polar surface area (TPSA) is 51.6 Å². The molecule has 0 spiro atoms. The monoisotopic (exact) mass is 264 g/mol. The van der Waals surface area contributed by atoms with Gasteiger partial charge >= 0.3 is 92.0 Å². The van der Waals surface area contributed by atoms with E-state index >= 15 is 0 Å². The Morgan fingerprint density at radius 3 is 2.40 bits per heavy atom. The van der Waals surface area contributed by atoms with Crippen LogP contribution in [0.3, 0.4) is 0 Å². The Morgan fingerprint density at radius 2 is 1.67 bits per heavy atom. The zero-order valence-electron chi connectivity index (χ0n) is 8.35. The predicted molar refractivity (Wildman–Crippen MR) is 59.0 cm³/mol. The number of hydrogen-bond donors (Lipinski definition) is 0. The van der Waals surface area contributed by atoms with Gasteiger partial charge in [-0.15, -0.1) is 0 Å². The fraction of sp³-hybridized carbons (Fsp3) is 0.200. The van der Waals surface area contributed by atoms with Crippen molar-refractivity contribution in [2.45, 2.75) is 13.8 Å². The summed E-state index contributed by atoms with van der Waals surface area (Å²) >= 11 is 0.141. The number of aromatic nitrogens is 4. The molecular weight excluding hydrogens is 255 g/mol. The van der Waals surface area contributed by atoms with Gasteiger partial charge in [0.1, 0.15) is 0 Å². The third-order valence-corrected chi connectivity index (χ3v) is 4.50. The van der Waals surface area contributed by atoms with Gasteiger partial charge in [0.15, 0.2) is 0 Å². The summed E-state index contributed by atoms with van der Waals surface area (Å²) in [6, 6.07) is 0. The van der Waals surface area contributed by atoms with Crippen LogP contribution in [-0.4, -0.2) is 34.1 Å². The molecule has 0 bridgehead atoms. The fourth-order valence-corrected chi connectivity index (χ4v) is 3.39. The van der Waals surface area contributed by atoms with Crippen molar-refractivity contribution in [2.75, 3.05) is 0 Å². The SMILES string of the molecule is Cc1c2cnncc2c(C)c2[se]nnc12. The number of hydrogen-bond acceptors (Lipinski definition) is 4. The van der Waals surface area contributed by atoms with Gasteiger partial charge in [0.2, 0.25) is 0 Å². The molecule has 0 aliphatic rings. The summed E-state index contributed by atoms with van der Waals surface area (Å²) in [4.78, 5) is 0. The van der Waals surface area contributed by atoms with Crippen LogP contribution in [0, 0.1) is 13.8 Å². The predicted octanol–water partition coefficient (Wildman–Crippen LogP) is 1.25. The fourth-order valence-electron chi connectivity index (χ4n) is 1.85. The molecule has 0 saturated heterocycles. The first-order valence-electron chi connectivity index (χ1n) is 4.60. The van der Waals surface area contributed by atoms with Crippen molar-refractivity contribution in [3.05, 3.63) is 23.5 Å². The molecule has 0 N–H and O–H groups in total. The molecule has 0 amide bonds. The summed E-state index contributed by atoms with van der Waals surface area (Å²) in [6.07, 6.45) is 3.63. The Labute approximate surface area is 92.3 Å². The minimum absolute atomic E-state index is 0.141. The van der Waals surface area contributed by atoms with Gasteiger partial charge in [-0.05, 0) is 0 Å². The third-order valence-electron chi connectivity index (χ3n) is 2.72. The first kappa shape index (κ1) is 8.95. The number of rotatable bonds is 0. The molecule has 0 unspecified atom stereocenters. The van der Waals surface area contributed by atoms with Gasteiger partial charge in [-0.2, -0.15) is 0 Å². The molecule has 0 aliphatic heterocycles. The average molecular weight is 263 g/mol. The van der Waals surface area contributed by atoms with Crippen molar-refractivity contribution in [1.82, 2.24) is 19.4 Å². The molecule has 0 saturated carbocycles. The quantitative estimate of drug-likeness (QED) is 0.573. The molecule has 0 aliphatic carbocycles. The van der Waals surface area contributed by atoms with E-state index < -0.39 is 0 Å². The molecule has 0 radical (unpaired) electrons. The standard InChI is InChI=1S/C10H8N4Se/c1-5-7-3-11-12-4-8(7)6(2)10-9(5)13-14-15-10/h3-4H,1-2H3. The molecular formula is C10H8N4Se. The average Bonchev–Trinajstić information content (AvgIpc) is 2.75. The maximum atomic E-state index is 4.21. The molecule has 3 rings (SSSR count). The Hall–Kier alpha value is -1.32. The van der Waals surface area contributed by atoms with Crippen LogP contribution in [0.15, 0.2) is 12.4 Å². The van der Waals surface area contributed by atoms with Crippen molar-refractivity contribution in [3.8, 4) is 0 Å². The van der Waals surface area contributed by atoms with Crippen LogP contribution in [-0.2, 0) is 0 Å². The van der Waals surface area contributed by atoms with E-state index in [-0.39, 0.29) is 14.7 Å². The van der Waals surface area contributed by atoms with Gasteiger partial charge in [-0.3, -0.25) is 0 Å². The molecule has 4 nitrogen and oxygen atoms in total. The van der Waals surface area contributed by atoms with Crippen LogP contribution < -0.4 is 0 Å². The Bertz CT molecular complexity index is 603. The molecule has 3 aromatic rings. The van der Waals surface area contributed by atoms with Gasteiger partial charge in [-0.1, -0.05) is 0 Å². The molecule has 0 fully saturated rings. The van der Waals surface area contributed by atoms with Crippen molar-refractivity contribution in [1.29, 1.82) is 0 Å². The first-order valence-corrected chi connectivity index (χ1v) is 6.23. The van der Waals surface area contributed by atoms with Crippen molar-refractivity contribution >= 4 is 35.3 Å².